The van der Waals surface area contributed by atoms with E-state index in [9.17, 15) is 8.42 Å². The molecule has 0 amide bonds. The molecule has 1 aliphatic heterocycles. The molecule has 0 saturated carbocycles. The van der Waals surface area contributed by atoms with Gasteiger partial charge in [-0.1, -0.05) is 6.07 Å². The summed E-state index contributed by atoms with van der Waals surface area (Å²) in [5.74, 6) is 0. The summed E-state index contributed by atoms with van der Waals surface area (Å²) in [5, 5.41) is 0. The minimum Gasteiger partial charge on any atom is -0.326 e. The number of hydrogen-bond acceptors (Lipinski definition) is 4. The van der Waals surface area contributed by atoms with Gasteiger partial charge in [0.2, 0.25) is 10.0 Å². The van der Waals surface area contributed by atoms with E-state index in [1.165, 1.54) is 0 Å². The smallest absolute Gasteiger partial charge is 0.243 e. The molecule has 0 aliphatic carbocycles. The topological polar surface area (TPSA) is 66.6 Å². The number of nitrogens with zero attached hydrogens (tertiary/aromatic N) is 2. The summed E-state index contributed by atoms with van der Waals surface area (Å²) in [6.07, 6.45) is 0. The van der Waals surface area contributed by atoms with Gasteiger partial charge in [0.25, 0.3) is 0 Å². The first-order valence-corrected chi connectivity index (χ1v) is 8.30. The van der Waals surface area contributed by atoms with Crippen LogP contribution >= 0.6 is 0 Å². The lowest BCUT2D eigenvalue weighted by Crippen LogP contribution is -2.52. The summed E-state index contributed by atoms with van der Waals surface area (Å²) in [6.45, 7) is 6.30. The number of hydrogen-bond donors (Lipinski definition) is 1. The van der Waals surface area contributed by atoms with Gasteiger partial charge < -0.3 is 10.6 Å². The maximum Gasteiger partial charge on any atom is 0.243 e. The van der Waals surface area contributed by atoms with Gasteiger partial charge in [-0.05, 0) is 44.2 Å². The summed E-state index contributed by atoms with van der Waals surface area (Å²) in [5.41, 5.74) is 7.58. The molecule has 1 heterocycles. The van der Waals surface area contributed by atoms with Crippen molar-refractivity contribution in [1.82, 2.24) is 9.21 Å². The molecule has 0 bridgehead atoms. The Hall–Kier alpha value is -0.950. The van der Waals surface area contributed by atoms with E-state index >= 15 is 0 Å². The summed E-state index contributed by atoms with van der Waals surface area (Å²) >= 11 is 0. The van der Waals surface area contributed by atoms with E-state index in [1.807, 2.05) is 27.0 Å². The number of aryl methyl sites for hydroxylation is 1. The average Bonchev–Trinajstić information content (AvgIpc) is 2.38. The highest BCUT2D eigenvalue weighted by atomic mass is 32.2. The molecule has 5 nitrogen and oxygen atoms in total. The minimum atomic E-state index is -3.43. The van der Waals surface area contributed by atoms with Crippen LogP contribution in [0.2, 0.25) is 0 Å². The minimum absolute atomic E-state index is 0.0126. The first kappa shape index (κ1) is 15.4. The van der Waals surface area contributed by atoms with Crippen LogP contribution in [0.25, 0.3) is 0 Å². The van der Waals surface area contributed by atoms with E-state index in [2.05, 4.69) is 4.90 Å². The molecular weight excluding hydrogens is 274 g/mol. The van der Waals surface area contributed by atoms with Crippen molar-refractivity contribution in [3.63, 3.8) is 0 Å². The zero-order chi connectivity index (χ0) is 14.9. The van der Waals surface area contributed by atoms with E-state index in [4.69, 9.17) is 5.73 Å². The van der Waals surface area contributed by atoms with Crippen molar-refractivity contribution in [2.24, 2.45) is 5.73 Å². The summed E-state index contributed by atoms with van der Waals surface area (Å²) in [4.78, 5) is 2.50. The fraction of sp³-hybridized carbons (Fsp3) is 0.571. The fourth-order valence-electron chi connectivity index (χ4n) is 2.64. The molecule has 1 fully saturated rings. The van der Waals surface area contributed by atoms with E-state index in [0.29, 0.717) is 18.0 Å². The van der Waals surface area contributed by atoms with E-state index in [-0.39, 0.29) is 6.04 Å². The second-order valence-electron chi connectivity index (χ2n) is 5.52. The van der Waals surface area contributed by atoms with Crippen molar-refractivity contribution in [1.29, 1.82) is 0 Å². The molecule has 6 heteroatoms. The van der Waals surface area contributed by atoms with Crippen LogP contribution in [0.5, 0.6) is 0 Å². The quantitative estimate of drug-likeness (QED) is 0.895. The summed E-state index contributed by atoms with van der Waals surface area (Å²) < 4.78 is 27.1. The lowest BCUT2D eigenvalue weighted by molar-refractivity contribution is 0.170. The molecule has 0 aromatic heterocycles. The van der Waals surface area contributed by atoms with Crippen LogP contribution in [0.3, 0.4) is 0 Å². The maximum atomic E-state index is 12.8. The third kappa shape index (κ3) is 2.88. The number of nitrogens with two attached hydrogens (primary N) is 1. The van der Waals surface area contributed by atoms with Crippen LogP contribution in [0, 0.1) is 6.92 Å². The molecule has 112 valence electrons. The van der Waals surface area contributed by atoms with Crippen LogP contribution in [-0.2, 0) is 16.6 Å². The van der Waals surface area contributed by atoms with Gasteiger partial charge in [-0.25, -0.2) is 8.42 Å². The van der Waals surface area contributed by atoms with Crippen molar-refractivity contribution in [3.8, 4) is 0 Å². The van der Waals surface area contributed by atoms with Gasteiger partial charge in [0, 0.05) is 32.2 Å². The molecule has 0 spiro atoms. The summed E-state index contributed by atoms with van der Waals surface area (Å²) in [7, 11) is -1.42. The Labute approximate surface area is 121 Å². The number of rotatable bonds is 3. The van der Waals surface area contributed by atoms with Crippen molar-refractivity contribution < 1.29 is 8.42 Å². The van der Waals surface area contributed by atoms with Gasteiger partial charge in [-0.15, -0.1) is 0 Å². The lowest BCUT2D eigenvalue weighted by Gasteiger charge is -2.37. The normalized spacial score (nSPS) is 22.1. The second-order valence-corrected chi connectivity index (χ2v) is 7.41. The Balaban J connectivity index is 2.35. The van der Waals surface area contributed by atoms with Crippen LogP contribution < -0.4 is 5.73 Å². The van der Waals surface area contributed by atoms with E-state index < -0.39 is 10.0 Å². The molecule has 1 unspecified atom stereocenters. The van der Waals surface area contributed by atoms with Crippen LogP contribution in [0.4, 0.5) is 0 Å². The SMILES string of the molecule is Cc1ccc(S(=O)(=O)N2CCN(C)CC2C)cc1CN. The van der Waals surface area contributed by atoms with Crippen molar-refractivity contribution in [2.75, 3.05) is 26.7 Å². The summed E-state index contributed by atoms with van der Waals surface area (Å²) in [6, 6.07) is 5.20. The highest BCUT2D eigenvalue weighted by Gasteiger charge is 2.32. The van der Waals surface area contributed by atoms with Crippen LogP contribution in [-0.4, -0.2) is 50.3 Å². The van der Waals surface area contributed by atoms with Crippen molar-refractivity contribution in [3.05, 3.63) is 29.3 Å². The Morgan fingerprint density at radius 3 is 2.65 bits per heavy atom. The molecule has 0 radical (unpaired) electrons. The molecule has 1 atom stereocenters. The first-order valence-electron chi connectivity index (χ1n) is 6.86. The van der Waals surface area contributed by atoms with Crippen LogP contribution in [0.1, 0.15) is 18.1 Å². The molecule has 2 rings (SSSR count). The Bertz CT molecular complexity index is 586. The third-order valence-electron chi connectivity index (χ3n) is 3.92. The molecular formula is C14H23N3O2S. The van der Waals surface area contributed by atoms with E-state index in [1.54, 1.807) is 16.4 Å². The van der Waals surface area contributed by atoms with Gasteiger partial charge in [-0.3, -0.25) is 0 Å². The number of likely N-dealkylation sites (N-methyl/N-ethyl adjacent to an activating group) is 1. The van der Waals surface area contributed by atoms with Gasteiger partial charge in [0.1, 0.15) is 0 Å². The lowest BCUT2D eigenvalue weighted by atomic mass is 10.1. The predicted octanol–water partition coefficient (Wildman–Crippen LogP) is 0.778. The Kier molecular flexibility index (Phi) is 4.49. The molecule has 1 saturated heterocycles. The van der Waals surface area contributed by atoms with Gasteiger partial charge in [-0.2, -0.15) is 4.31 Å². The van der Waals surface area contributed by atoms with Gasteiger partial charge >= 0.3 is 0 Å². The zero-order valence-electron chi connectivity index (χ0n) is 12.3. The predicted molar refractivity (Wildman–Crippen MR) is 79.9 cm³/mol. The van der Waals surface area contributed by atoms with Crippen molar-refractivity contribution >= 4 is 10.0 Å². The monoisotopic (exact) mass is 297 g/mol. The zero-order valence-corrected chi connectivity index (χ0v) is 13.2. The number of benzene rings is 1. The molecule has 2 N–H and O–H groups in total. The van der Waals surface area contributed by atoms with Crippen LogP contribution in [0.15, 0.2) is 23.1 Å². The van der Waals surface area contributed by atoms with E-state index in [0.717, 1.165) is 24.2 Å². The van der Waals surface area contributed by atoms with Crippen molar-refractivity contribution in [2.45, 2.75) is 31.3 Å². The third-order valence-corrected chi connectivity index (χ3v) is 5.93. The number of sulfonamides is 1. The molecule has 20 heavy (non-hydrogen) atoms. The Morgan fingerprint density at radius 2 is 2.05 bits per heavy atom. The molecule has 1 aliphatic rings. The highest BCUT2D eigenvalue weighted by Crippen LogP contribution is 2.23. The average molecular weight is 297 g/mol. The highest BCUT2D eigenvalue weighted by molar-refractivity contribution is 7.89. The van der Waals surface area contributed by atoms with Gasteiger partial charge in [0.15, 0.2) is 0 Å². The largest absolute Gasteiger partial charge is 0.326 e. The first-order chi connectivity index (χ1) is 9.36. The second kappa shape index (κ2) is 5.81. The van der Waals surface area contributed by atoms with Gasteiger partial charge in [0.05, 0.1) is 4.90 Å². The Morgan fingerprint density at radius 1 is 1.35 bits per heavy atom. The molecule has 1 aromatic carbocycles. The number of piperazine rings is 1. The maximum absolute atomic E-state index is 12.8. The fourth-order valence-corrected chi connectivity index (χ4v) is 4.31. The standard InChI is InChI=1S/C14H23N3O2S/c1-11-4-5-14(8-13(11)9-15)20(18,19)17-7-6-16(3)10-12(17)2/h4-5,8,12H,6-7,9-10,15H2,1-3H3. The molecule has 1 aromatic rings.